The first-order chi connectivity index (χ1) is 11.6. The fraction of sp³-hybridized carbons (Fsp3) is 0.500. The summed E-state index contributed by atoms with van der Waals surface area (Å²) in [4.78, 5) is 28.8. The summed E-state index contributed by atoms with van der Waals surface area (Å²) >= 11 is 0. The zero-order valence-corrected chi connectivity index (χ0v) is 13.7. The molecule has 3 heterocycles. The largest absolute Gasteiger partial charge is 0.368 e. The fourth-order valence-electron chi connectivity index (χ4n) is 2.73. The Labute approximate surface area is 138 Å². The smallest absolute Gasteiger partial charge is 0.263 e. The second kappa shape index (κ2) is 6.96. The highest BCUT2D eigenvalue weighted by Gasteiger charge is 2.24. The van der Waals surface area contributed by atoms with Gasteiger partial charge < -0.3 is 19.1 Å². The van der Waals surface area contributed by atoms with Crippen LogP contribution in [0.1, 0.15) is 53.6 Å². The molecule has 24 heavy (non-hydrogen) atoms. The summed E-state index contributed by atoms with van der Waals surface area (Å²) in [5, 5.41) is 6.49. The predicted octanol–water partition coefficient (Wildman–Crippen LogP) is 1.34. The molecule has 0 saturated carbocycles. The van der Waals surface area contributed by atoms with Crippen LogP contribution in [0.25, 0.3) is 0 Å². The van der Waals surface area contributed by atoms with Crippen molar-refractivity contribution in [2.45, 2.75) is 45.9 Å². The van der Waals surface area contributed by atoms with E-state index in [4.69, 9.17) is 9.26 Å². The highest BCUT2D eigenvalue weighted by molar-refractivity contribution is 5.93. The van der Waals surface area contributed by atoms with Crippen LogP contribution in [0.2, 0.25) is 0 Å². The molecule has 0 bridgehead atoms. The van der Waals surface area contributed by atoms with E-state index in [9.17, 15) is 9.59 Å². The minimum atomic E-state index is -0.453. The highest BCUT2D eigenvalue weighted by atomic mass is 16.5. The summed E-state index contributed by atoms with van der Waals surface area (Å²) in [6.07, 6.45) is 1.67. The van der Waals surface area contributed by atoms with E-state index in [1.165, 1.54) is 6.07 Å². The van der Waals surface area contributed by atoms with Crippen molar-refractivity contribution in [1.29, 1.82) is 0 Å². The van der Waals surface area contributed by atoms with Gasteiger partial charge in [-0.05, 0) is 38.8 Å². The van der Waals surface area contributed by atoms with Crippen molar-refractivity contribution in [1.82, 2.24) is 20.0 Å². The molecule has 1 amide bonds. The first-order valence-electron chi connectivity index (χ1n) is 8.03. The number of ether oxygens (including phenoxy) is 1. The third-order valence-electron chi connectivity index (χ3n) is 4.05. The number of pyridine rings is 1. The Kier molecular flexibility index (Phi) is 4.75. The Balaban J connectivity index is 1.67. The van der Waals surface area contributed by atoms with Crippen molar-refractivity contribution >= 4 is 5.91 Å². The number of hydrogen-bond donors (Lipinski definition) is 1. The number of nitrogens with zero attached hydrogens (tertiary/aromatic N) is 3. The van der Waals surface area contributed by atoms with Crippen LogP contribution in [0, 0.1) is 6.92 Å². The Bertz CT molecular complexity index is 790. The van der Waals surface area contributed by atoms with Crippen LogP contribution in [0.5, 0.6) is 0 Å². The van der Waals surface area contributed by atoms with E-state index in [1.54, 1.807) is 10.6 Å². The number of aryl methyl sites for hydroxylation is 1. The number of carbonyl (C=O) groups excluding carboxylic acids is 1. The van der Waals surface area contributed by atoms with Gasteiger partial charge in [0.05, 0.1) is 6.54 Å². The molecule has 0 aromatic carbocycles. The van der Waals surface area contributed by atoms with Crippen molar-refractivity contribution in [2.75, 3.05) is 6.61 Å². The Morgan fingerprint density at radius 2 is 2.29 bits per heavy atom. The number of aromatic nitrogens is 3. The third-order valence-corrected chi connectivity index (χ3v) is 4.05. The molecule has 2 aromatic heterocycles. The lowest BCUT2D eigenvalue weighted by Gasteiger charge is -2.09. The third kappa shape index (κ3) is 3.23. The highest BCUT2D eigenvalue weighted by Crippen LogP contribution is 2.26. The average Bonchev–Trinajstić information content (AvgIpc) is 3.24. The predicted molar refractivity (Wildman–Crippen MR) is 84.5 cm³/mol. The zero-order chi connectivity index (χ0) is 17.1. The van der Waals surface area contributed by atoms with Crippen molar-refractivity contribution < 1.29 is 14.1 Å². The van der Waals surface area contributed by atoms with Gasteiger partial charge in [-0.2, -0.15) is 4.98 Å². The molecule has 128 valence electrons. The number of amides is 1. The maximum Gasteiger partial charge on any atom is 0.263 e. The molecule has 0 spiro atoms. The van der Waals surface area contributed by atoms with Gasteiger partial charge in [-0.15, -0.1) is 0 Å². The summed E-state index contributed by atoms with van der Waals surface area (Å²) < 4.78 is 12.2. The van der Waals surface area contributed by atoms with Gasteiger partial charge in [-0.3, -0.25) is 9.59 Å². The molecule has 1 unspecified atom stereocenters. The van der Waals surface area contributed by atoms with Crippen LogP contribution < -0.4 is 10.9 Å². The normalized spacial score (nSPS) is 17.2. The van der Waals surface area contributed by atoms with Crippen LogP contribution in [0.15, 0.2) is 21.5 Å². The Morgan fingerprint density at radius 3 is 3.00 bits per heavy atom. The fourth-order valence-corrected chi connectivity index (χ4v) is 2.73. The van der Waals surface area contributed by atoms with E-state index < -0.39 is 5.91 Å². The molecule has 1 N–H and O–H groups in total. The maximum atomic E-state index is 12.3. The Hall–Kier alpha value is -2.48. The van der Waals surface area contributed by atoms with E-state index in [0.717, 1.165) is 18.5 Å². The molecule has 1 saturated heterocycles. The molecule has 1 aliphatic rings. The summed E-state index contributed by atoms with van der Waals surface area (Å²) in [6, 6.07) is 3.29. The molecule has 0 aliphatic carbocycles. The molecule has 1 atom stereocenters. The lowest BCUT2D eigenvalue weighted by molar-refractivity contribution is 0.0835. The monoisotopic (exact) mass is 332 g/mol. The second-order valence-corrected chi connectivity index (χ2v) is 5.67. The standard InChI is InChI=1S/C16H20N4O4/c1-3-20-10(2)6-7-11(16(20)22)14(21)17-9-13-18-15(24-19-13)12-5-4-8-23-12/h6-7,12H,3-5,8-9H2,1-2H3,(H,17,21). The zero-order valence-electron chi connectivity index (χ0n) is 13.7. The van der Waals surface area contributed by atoms with E-state index in [0.29, 0.717) is 24.9 Å². The average molecular weight is 332 g/mol. The van der Waals surface area contributed by atoms with E-state index in [1.807, 2.05) is 13.8 Å². The number of carbonyl (C=O) groups is 1. The van der Waals surface area contributed by atoms with Crippen LogP contribution in [-0.4, -0.2) is 27.2 Å². The lowest BCUT2D eigenvalue weighted by atomic mass is 10.2. The molecule has 8 nitrogen and oxygen atoms in total. The molecule has 3 rings (SSSR count). The van der Waals surface area contributed by atoms with Gasteiger partial charge in [0.1, 0.15) is 11.7 Å². The number of hydrogen-bond acceptors (Lipinski definition) is 6. The number of rotatable bonds is 5. The van der Waals surface area contributed by atoms with Gasteiger partial charge in [0.25, 0.3) is 17.4 Å². The number of nitrogens with one attached hydrogen (secondary N) is 1. The first kappa shape index (κ1) is 16.4. The van der Waals surface area contributed by atoms with Gasteiger partial charge >= 0.3 is 0 Å². The van der Waals surface area contributed by atoms with Crippen LogP contribution >= 0.6 is 0 Å². The van der Waals surface area contributed by atoms with Gasteiger partial charge in [0.15, 0.2) is 5.82 Å². The molecule has 8 heteroatoms. The maximum absolute atomic E-state index is 12.3. The van der Waals surface area contributed by atoms with Crippen LogP contribution in [0.4, 0.5) is 0 Å². The molecule has 2 aromatic rings. The second-order valence-electron chi connectivity index (χ2n) is 5.67. The van der Waals surface area contributed by atoms with Crippen LogP contribution in [-0.2, 0) is 17.8 Å². The molecular formula is C16H20N4O4. The van der Waals surface area contributed by atoms with E-state index >= 15 is 0 Å². The summed E-state index contributed by atoms with van der Waals surface area (Å²) in [5.41, 5.74) is 0.617. The molecule has 1 aliphatic heterocycles. The van der Waals surface area contributed by atoms with E-state index in [2.05, 4.69) is 15.5 Å². The van der Waals surface area contributed by atoms with Gasteiger partial charge in [0, 0.05) is 18.8 Å². The summed E-state index contributed by atoms with van der Waals surface area (Å²) in [5.74, 6) is 0.336. The van der Waals surface area contributed by atoms with Crippen molar-refractivity contribution in [3.8, 4) is 0 Å². The Morgan fingerprint density at radius 1 is 1.46 bits per heavy atom. The summed E-state index contributed by atoms with van der Waals surface area (Å²) in [6.45, 7) is 4.99. The first-order valence-corrected chi connectivity index (χ1v) is 8.03. The molecular weight excluding hydrogens is 312 g/mol. The van der Waals surface area contributed by atoms with Crippen molar-refractivity contribution in [3.63, 3.8) is 0 Å². The summed E-state index contributed by atoms with van der Waals surface area (Å²) in [7, 11) is 0. The van der Waals surface area contributed by atoms with Crippen molar-refractivity contribution in [2.24, 2.45) is 0 Å². The van der Waals surface area contributed by atoms with Gasteiger partial charge in [0.2, 0.25) is 0 Å². The SMILES string of the molecule is CCn1c(C)ccc(C(=O)NCc2noc(C3CCCO3)n2)c1=O. The molecule has 0 radical (unpaired) electrons. The van der Waals surface area contributed by atoms with Crippen LogP contribution in [0.3, 0.4) is 0 Å². The minimum Gasteiger partial charge on any atom is -0.368 e. The van der Waals surface area contributed by atoms with Gasteiger partial charge in [-0.25, -0.2) is 0 Å². The molecule has 1 fully saturated rings. The topological polar surface area (TPSA) is 99.2 Å². The van der Waals surface area contributed by atoms with E-state index in [-0.39, 0.29) is 23.8 Å². The minimum absolute atomic E-state index is 0.0918. The van der Waals surface area contributed by atoms with Crippen molar-refractivity contribution in [3.05, 3.63) is 45.5 Å². The lowest BCUT2D eigenvalue weighted by Crippen LogP contribution is -2.33. The van der Waals surface area contributed by atoms with Gasteiger partial charge in [-0.1, -0.05) is 5.16 Å². The quantitative estimate of drug-likeness (QED) is 0.887.